The number of halogens is 2. The number of fused-ring (bicyclic) bond motifs is 1. The number of carbonyl (C=O) groups excluding carboxylic acids is 1. The first-order valence-corrected chi connectivity index (χ1v) is 8.65. The van der Waals surface area contributed by atoms with Gasteiger partial charge < -0.3 is 14.4 Å². The van der Waals surface area contributed by atoms with Crippen LogP contribution in [0.25, 0.3) is 0 Å². The van der Waals surface area contributed by atoms with Crippen LogP contribution in [0.4, 0.5) is 4.79 Å². The molecule has 0 radical (unpaired) electrons. The van der Waals surface area contributed by atoms with Gasteiger partial charge in [-0.15, -0.1) is 11.6 Å². The third-order valence-electron chi connectivity index (χ3n) is 3.39. The molecule has 0 N–H and O–H groups in total. The van der Waals surface area contributed by atoms with Gasteiger partial charge in [-0.3, -0.25) is 0 Å². The second kappa shape index (κ2) is 8.65. The van der Waals surface area contributed by atoms with Crippen LogP contribution >= 0.6 is 23.2 Å². The van der Waals surface area contributed by atoms with Crippen molar-refractivity contribution in [1.82, 2.24) is 4.90 Å². The van der Waals surface area contributed by atoms with Crippen LogP contribution in [0.5, 0.6) is 5.75 Å². The largest absolute Gasteiger partial charge is 0.495 e. The van der Waals surface area contributed by atoms with Gasteiger partial charge in [0.05, 0.1) is 12.1 Å². The second-order valence-corrected chi connectivity index (χ2v) is 6.60. The second-order valence-electron chi connectivity index (χ2n) is 6.22. The molecule has 1 aliphatic rings. The van der Waals surface area contributed by atoms with E-state index < -0.39 is 5.60 Å². The Morgan fingerprint density at radius 3 is 2.48 bits per heavy atom. The van der Waals surface area contributed by atoms with E-state index in [0.29, 0.717) is 23.9 Å². The highest BCUT2D eigenvalue weighted by Crippen LogP contribution is 2.33. The lowest BCUT2D eigenvalue weighted by molar-refractivity contribution is 0.0237. The SMILES string of the molecule is CCl.COc1ccc2c(c1Cl)CCCN(C(=O)OC(C)(C)C)C2. The zero-order chi connectivity index (χ0) is 17.6. The molecule has 0 aromatic heterocycles. The zero-order valence-corrected chi connectivity index (χ0v) is 15.9. The molecule has 0 saturated heterocycles. The number of methoxy groups -OCH3 is 1. The molecule has 0 saturated carbocycles. The molecule has 130 valence electrons. The van der Waals surface area contributed by atoms with Crippen molar-refractivity contribution in [3.05, 3.63) is 28.3 Å². The van der Waals surface area contributed by atoms with E-state index in [9.17, 15) is 4.79 Å². The van der Waals surface area contributed by atoms with Gasteiger partial charge in [-0.2, -0.15) is 0 Å². The molecular weight excluding hydrogens is 337 g/mol. The predicted octanol–water partition coefficient (Wildman–Crippen LogP) is 4.89. The van der Waals surface area contributed by atoms with Crippen molar-refractivity contribution in [1.29, 1.82) is 0 Å². The number of hydrogen-bond donors (Lipinski definition) is 0. The number of ether oxygens (including phenoxy) is 2. The minimum Gasteiger partial charge on any atom is -0.495 e. The summed E-state index contributed by atoms with van der Waals surface area (Å²) in [7, 11) is 1.61. The monoisotopic (exact) mass is 361 g/mol. The van der Waals surface area contributed by atoms with Gasteiger partial charge in [0.2, 0.25) is 0 Å². The van der Waals surface area contributed by atoms with Crippen LogP contribution in [0, 0.1) is 0 Å². The van der Waals surface area contributed by atoms with Gasteiger partial charge >= 0.3 is 6.09 Å². The Hall–Kier alpha value is -1.13. The number of nitrogens with zero attached hydrogens (tertiary/aromatic N) is 1. The van der Waals surface area contributed by atoms with Crippen LogP contribution in [0.1, 0.15) is 38.3 Å². The first-order valence-electron chi connectivity index (χ1n) is 7.52. The molecular formula is C17H25Cl2NO3. The van der Waals surface area contributed by atoms with Crippen LogP contribution in [-0.2, 0) is 17.7 Å². The van der Waals surface area contributed by atoms with E-state index in [2.05, 4.69) is 11.6 Å². The molecule has 0 atom stereocenters. The van der Waals surface area contributed by atoms with Crippen molar-refractivity contribution in [2.75, 3.05) is 20.0 Å². The lowest BCUT2D eigenvalue weighted by Crippen LogP contribution is -2.36. The zero-order valence-electron chi connectivity index (χ0n) is 14.4. The first kappa shape index (κ1) is 19.9. The van der Waals surface area contributed by atoms with Crippen molar-refractivity contribution in [2.24, 2.45) is 0 Å². The molecule has 0 bridgehead atoms. The number of amides is 1. The van der Waals surface area contributed by atoms with Gasteiger partial charge in [0.25, 0.3) is 0 Å². The van der Waals surface area contributed by atoms with E-state index >= 15 is 0 Å². The van der Waals surface area contributed by atoms with Crippen molar-refractivity contribution >= 4 is 29.3 Å². The Labute approximate surface area is 148 Å². The van der Waals surface area contributed by atoms with E-state index in [4.69, 9.17) is 21.1 Å². The van der Waals surface area contributed by atoms with Crippen LogP contribution in [0.15, 0.2) is 12.1 Å². The highest BCUT2D eigenvalue weighted by Gasteiger charge is 2.25. The Morgan fingerprint density at radius 1 is 1.26 bits per heavy atom. The van der Waals surface area contributed by atoms with Crippen LogP contribution in [0.2, 0.25) is 5.02 Å². The maximum atomic E-state index is 12.2. The van der Waals surface area contributed by atoms with E-state index in [-0.39, 0.29) is 6.09 Å². The summed E-state index contributed by atoms with van der Waals surface area (Å²) in [5.74, 6) is 0.682. The molecule has 4 nitrogen and oxygen atoms in total. The smallest absolute Gasteiger partial charge is 0.410 e. The summed E-state index contributed by atoms with van der Waals surface area (Å²) in [4.78, 5) is 14.0. The van der Waals surface area contributed by atoms with Crippen molar-refractivity contribution < 1.29 is 14.3 Å². The Balaban J connectivity index is 0.00000127. The van der Waals surface area contributed by atoms with Crippen molar-refractivity contribution in [2.45, 2.75) is 45.8 Å². The van der Waals surface area contributed by atoms with E-state index in [1.54, 1.807) is 12.0 Å². The number of carbonyl (C=O) groups is 1. The molecule has 23 heavy (non-hydrogen) atoms. The number of alkyl halides is 1. The van der Waals surface area contributed by atoms with Gasteiger partial charge in [-0.05, 0) is 50.8 Å². The molecule has 0 spiro atoms. The normalized spacial score (nSPS) is 14.1. The third kappa shape index (κ3) is 5.47. The lowest BCUT2D eigenvalue weighted by atomic mass is 10.0. The topological polar surface area (TPSA) is 38.8 Å². The van der Waals surface area contributed by atoms with Crippen molar-refractivity contribution in [3.8, 4) is 5.75 Å². The molecule has 0 fully saturated rings. The summed E-state index contributed by atoms with van der Waals surface area (Å²) >= 11 is 11.0. The summed E-state index contributed by atoms with van der Waals surface area (Å²) in [6, 6.07) is 3.82. The Kier molecular flexibility index (Phi) is 7.49. The molecule has 2 rings (SSSR count). The minimum absolute atomic E-state index is 0.276. The van der Waals surface area contributed by atoms with E-state index in [0.717, 1.165) is 24.0 Å². The minimum atomic E-state index is -0.482. The molecule has 1 heterocycles. The van der Waals surface area contributed by atoms with Gasteiger partial charge in [0.15, 0.2) is 0 Å². The molecule has 1 aromatic rings. The highest BCUT2D eigenvalue weighted by atomic mass is 35.5. The molecule has 1 aliphatic heterocycles. The van der Waals surface area contributed by atoms with E-state index in [1.807, 2.05) is 32.9 Å². The standard InChI is InChI=1S/C16H22ClNO3.CH3Cl/c1-16(2,3)21-15(19)18-9-5-6-12-11(10-18)7-8-13(20-4)14(12)17;1-2/h7-8H,5-6,9-10H2,1-4H3;1H3. The van der Waals surface area contributed by atoms with Crippen LogP contribution < -0.4 is 4.74 Å². The van der Waals surface area contributed by atoms with Gasteiger partial charge in [0, 0.05) is 19.5 Å². The fourth-order valence-electron chi connectivity index (χ4n) is 2.43. The van der Waals surface area contributed by atoms with Crippen LogP contribution in [-0.4, -0.2) is 36.6 Å². The van der Waals surface area contributed by atoms with Crippen molar-refractivity contribution in [3.63, 3.8) is 0 Å². The average molecular weight is 362 g/mol. The summed E-state index contributed by atoms with van der Waals surface area (Å²) in [6.07, 6.45) is 2.89. The predicted molar refractivity (Wildman–Crippen MR) is 94.7 cm³/mol. The Bertz CT molecular complexity index is 541. The summed E-state index contributed by atoms with van der Waals surface area (Å²) in [6.45, 7) is 6.81. The number of rotatable bonds is 1. The first-order chi connectivity index (χ1) is 10.8. The fraction of sp³-hybridized carbons (Fsp3) is 0.588. The number of hydrogen-bond acceptors (Lipinski definition) is 3. The highest BCUT2D eigenvalue weighted by molar-refractivity contribution is 6.33. The molecule has 1 amide bonds. The van der Waals surface area contributed by atoms with E-state index in [1.165, 1.54) is 6.38 Å². The molecule has 0 unspecified atom stereocenters. The maximum absolute atomic E-state index is 12.2. The molecule has 6 heteroatoms. The Morgan fingerprint density at radius 2 is 1.91 bits per heavy atom. The summed E-state index contributed by atoms with van der Waals surface area (Å²) < 4.78 is 10.7. The lowest BCUT2D eigenvalue weighted by Gasteiger charge is -2.26. The third-order valence-corrected chi connectivity index (χ3v) is 3.81. The van der Waals surface area contributed by atoms with Crippen LogP contribution in [0.3, 0.4) is 0 Å². The fourth-order valence-corrected chi connectivity index (χ4v) is 2.79. The number of benzene rings is 1. The maximum Gasteiger partial charge on any atom is 0.410 e. The molecule has 0 aliphatic carbocycles. The van der Waals surface area contributed by atoms with Gasteiger partial charge in [-0.25, -0.2) is 4.79 Å². The van der Waals surface area contributed by atoms with Gasteiger partial charge in [-0.1, -0.05) is 17.7 Å². The van der Waals surface area contributed by atoms with Gasteiger partial charge in [0.1, 0.15) is 11.4 Å². The average Bonchev–Trinajstić information content (AvgIpc) is 2.71. The molecule has 1 aromatic carbocycles. The quantitative estimate of drug-likeness (QED) is 0.668. The summed E-state index contributed by atoms with van der Waals surface area (Å²) in [5.41, 5.74) is 1.65. The summed E-state index contributed by atoms with van der Waals surface area (Å²) in [5, 5.41) is 0.654.